The number of nitrogens with zero attached hydrogens (tertiary/aromatic N) is 6. The first-order chi connectivity index (χ1) is 18.6. The monoisotopic (exact) mass is 517 g/mol. The van der Waals surface area contributed by atoms with Crippen LogP contribution in [-0.2, 0) is 13.0 Å². The van der Waals surface area contributed by atoms with Crippen LogP contribution in [0.4, 0.5) is 15.9 Å². The first kappa shape index (κ1) is 26.1. The maximum atomic E-state index is 12.1. The molecule has 6 rings (SSSR count). The lowest BCUT2D eigenvalue weighted by Gasteiger charge is -2.37. The second-order valence-corrected chi connectivity index (χ2v) is 10.2. The zero-order valence-electron chi connectivity index (χ0n) is 22.2. The van der Waals surface area contributed by atoms with Gasteiger partial charge in [0.2, 0.25) is 0 Å². The van der Waals surface area contributed by atoms with Crippen LogP contribution in [0.15, 0.2) is 42.5 Å². The normalized spacial score (nSPS) is 21.4. The first-order valence-electron chi connectivity index (χ1n) is 13.4. The highest BCUT2D eigenvalue weighted by Gasteiger charge is 2.28. The molecular weight excluding hydrogens is 481 g/mol. The Kier molecular flexibility index (Phi) is 8.20. The fraction of sp³-hybridized carbons (Fsp3) is 0.483. The van der Waals surface area contributed by atoms with E-state index in [4.69, 9.17) is 20.0 Å². The summed E-state index contributed by atoms with van der Waals surface area (Å²) >= 11 is 0. The van der Waals surface area contributed by atoms with Crippen LogP contribution in [0, 0.1) is 11.3 Å². The van der Waals surface area contributed by atoms with Crippen molar-refractivity contribution in [1.29, 1.82) is 5.26 Å². The van der Waals surface area contributed by atoms with Crippen LogP contribution in [-0.4, -0.2) is 80.5 Å². The van der Waals surface area contributed by atoms with Gasteiger partial charge in [0.15, 0.2) is 0 Å². The molecular formula is C29H36FN7O. The van der Waals surface area contributed by atoms with E-state index < -0.39 is 6.17 Å². The quantitative estimate of drug-likeness (QED) is 0.563. The average molecular weight is 518 g/mol. The number of piperazine rings is 1. The summed E-state index contributed by atoms with van der Waals surface area (Å²) < 4.78 is 17.6. The molecule has 3 aromatic rings. The lowest BCUT2D eigenvalue weighted by molar-refractivity contribution is 0.321. The smallest absolute Gasteiger partial charge is 0.318 e. The topological polar surface area (TPSA) is 80.5 Å². The summed E-state index contributed by atoms with van der Waals surface area (Å²) in [4.78, 5) is 16.2. The summed E-state index contributed by atoms with van der Waals surface area (Å²) in [5.41, 5.74) is 3.46. The molecule has 9 heteroatoms. The van der Waals surface area contributed by atoms with E-state index in [1.165, 1.54) is 22.0 Å². The molecule has 2 saturated heterocycles. The minimum Gasteiger partial charge on any atom is -0.467 e. The molecule has 0 aliphatic carbocycles. The fourth-order valence-corrected chi connectivity index (χ4v) is 5.58. The van der Waals surface area contributed by atoms with Crippen molar-refractivity contribution in [3.8, 4) is 12.1 Å². The molecule has 1 N–H and O–H groups in total. The molecule has 8 nitrogen and oxygen atoms in total. The molecule has 2 unspecified atom stereocenters. The van der Waals surface area contributed by atoms with E-state index in [9.17, 15) is 4.39 Å². The Balaban J connectivity index is 0.000000366. The van der Waals surface area contributed by atoms with E-state index in [-0.39, 0.29) is 6.04 Å². The van der Waals surface area contributed by atoms with Gasteiger partial charge < -0.3 is 24.8 Å². The third-order valence-corrected chi connectivity index (χ3v) is 7.54. The number of hydrogen-bond acceptors (Lipinski definition) is 8. The van der Waals surface area contributed by atoms with Crippen LogP contribution in [0.2, 0.25) is 0 Å². The molecule has 3 aliphatic heterocycles. The Morgan fingerprint density at radius 1 is 1.08 bits per heavy atom. The number of likely N-dealkylation sites (tertiary alicyclic amines) is 1. The van der Waals surface area contributed by atoms with E-state index in [1.54, 1.807) is 7.11 Å². The molecule has 0 bridgehead atoms. The van der Waals surface area contributed by atoms with Crippen molar-refractivity contribution < 1.29 is 9.13 Å². The Bertz CT molecular complexity index is 1280. The number of hydrogen-bond donors (Lipinski definition) is 1. The Morgan fingerprint density at radius 2 is 1.92 bits per heavy atom. The largest absolute Gasteiger partial charge is 0.467 e. The number of rotatable bonds is 4. The molecule has 0 saturated carbocycles. The maximum absolute atomic E-state index is 12.1. The molecule has 0 radical (unpaired) electrons. The van der Waals surface area contributed by atoms with Gasteiger partial charge in [-0.2, -0.15) is 15.2 Å². The summed E-state index contributed by atoms with van der Waals surface area (Å²) in [7, 11) is 3.56. The predicted molar refractivity (Wildman–Crippen MR) is 149 cm³/mol. The molecule has 2 atom stereocenters. The second kappa shape index (κ2) is 11.9. The van der Waals surface area contributed by atoms with Crippen LogP contribution in [0.5, 0.6) is 6.01 Å². The van der Waals surface area contributed by atoms with Gasteiger partial charge in [-0.25, -0.2) is 4.39 Å². The third-order valence-electron chi connectivity index (χ3n) is 7.54. The van der Waals surface area contributed by atoms with Gasteiger partial charge in [0, 0.05) is 61.9 Å². The number of anilines is 2. The number of alkyl halides is 1. The number of ether oxygens (including phenoxy) is 1. The van der Waals surface area contributed by atoms with Crippen molar-refractivity contribution in [2.24, 2.45) is 0 Å². The van der Waals surface area contributed by atoms with Crippen LogP contribution in [0.1, 0.15) is 24.1 Å². The van der Waals surface area contributed by atoms with Crippen molar-refractivity contribution in [3.05, 3.63) is 53.7 Å². The lowest BCUT2D eigenvalue weighted by atomic mass is 10.0. The number of nitriles is 1. The van der Waals surface area contributed by atoms with Crippen LogP contribution >= 0.6 is 0 Å². The van der Waals surface area contributed by atoms with Gasteiger partial charge in [-0.3, -0.25) is 0 Å². The first-order valence-corrected chi connectivity index (χ1v) is 13.4. The van der Waals surface area contributed by atoms with Gasteiger partial charge in [0.05, 0.1) is 31.8 Å². The SMILES string of the molecule is CN1CCC(F)C1.COc1nc2c(c(N3CCNC(CC#N)C3)n1)CCN(c1cccc3ccccc13)C2. The van der Waals surface area contributed by atoms with Crippen molar-refractivity contribution in [2.75, 3.05) is 63.2 Å². The van der Waals surface area contributed by atoms with Crippen molar-refractivity contribution in [3.63, 3.8) is 0 Å². The fourth-order valence-electron chi connectivity index (χ4n) is 5.58. The number of nitrogens with one attached hydrogen (secondary N) is 1. The number of benzene rings is 2. The van der Waals surface area contributed by atoms with E-state index >= 15 is 0 Å². The van der Waals surface area contributed by atoms with Crippen LogP contribution in [0.25, 0.3) is 10.8 Å². The van der Waals surface area contributed by atoms with Crippen molar-refractivity contribution in [2.45, 2.75) is 38.0 Å². The molecule has 2 fully saturated rings. The van der Waals surface area contributed by atoms with Gasteiger partial charge in [-0.1, -0.05) is 36.4 Å². The summed E-state index contributed by atoms with van der Waals surface area (Å²) in [5, 5.41) is 15.0. The number of fused-ring (bicyclic) bond motifs is 2. The van der Waals surface area contributed by atoms with Gasteiger partial charge in [-0.15, -0.1) is 0 Å². The zero-order chi connectivity index (χ0) is 26.5. The standard InChI is InChI=1S/C24H26N6O.C5H10FN/c1-31-24-27-21-16-29(22-8-4-6-17-5-2-3-7-19(17)22)13-10-20(21)23(28-24)30-14-12-26-18(15-30)9-11-25;1-7-3-2-5(6)4-7/h2-8,18,26H,9-10,12-16H2,1H3;5H,2-4H2,1H3. The highest BCUT2D eigenvalue weighted by molar-refractivity contribution is 5.94. The van der Waals surface area contributed by atoms with E-state index in [0.717, 1.165) is 63.6 Å². The molecule has 38 heavy (non-hydrogen) atoms. The molecule has 2 aromatic carbocycles. The lowest BCUT2D eigenvalue weighted by Crippen LogP contribution is -2.51. The molecule has 3 aliphatic rings. The average Bonchev–Trinajstić information content (AvgIpc) is 3.34. The van der Waals surface area contributed by atoms with Crippen LogP contribution < -0.4 is 19.9 Å². The highest BCUT2D eigenvalue weighted by Crippen LogP contribution is 2.34. The molecule has 1 aromatic heterocycles. The van der Waals surface area contributed by atoms with E-state index in [2.05, 4.69) is 63.7 Å². The molecule has 4 heterocycles. The number of halogens is 1. The minimum atomic E-state index is -0.551. The number of aromatic nitrogens is 2. The molecule has 0 amide bonds. The maximum Gasteiger partial charge on any atom is 0.318 e. The van der Waals surface area contributed by atoms with Gasteiger partial charge >= 0.3 is 6.01 Å². The summed E-state index contributed by atoms with van der Waals surface area (Å²) in [6.45, 7) is 5.69. The zero-order valence-corrected chi connectivity index (χ0v) is 22.2. The third kappa shape index (κ3) is 5.82. The Morgan fingerprint density at radius 3 is 2.66 bits per heavy atom. The van der Waals surface area contributed by atoms with E-state index in [0.29, 0.717) is 19.0 Å². The van der Waals surface area contributed by atoms with Crippen LogP contribution in [0.3, 0.4) is 0 Å². The molecule has 0 spiro atoms. The summed E-state index contributed by atoms with van der Waals surface area (Å²) in [6.07, 6.45) is 1.56. The Labute approximate surface area is 224 Å². The van der Waals surface area contributed by atoms with Crippen molar-refractivity contribution >= 4 is 22.3 Å². The second-order valence-electron chi connectivity index (χ2n) is 10.2. The Hall–Kier alpha value is -3.48. The number of methoxy groups -OCH3 is 1. The predicted octanol–water partition coefficient (Wildman–Crippen LogP) is 3.55. The van der Waals surface area contributed by atoms with Crippen molar-refractivity contribution in [1.82, 2.24) is 20.2 Å². The van der Waals surface area contributed by atoms with E-state index in [1.807, 2.05) is 11.9 Å². The van der Waals surface area contributed by atoms with Gasteiger partial charge in [0.1, 0.15) is 12.0 Å². The van der Waals surface area contributed by atoms with Gasteiger partial charge in [0.25, 0.3) is 0 Å². The summed E-state index contributed by atoms with van der Waals surface area (Å²) in [5.74, 6) is 0.962. The summed E-state index contributed by atoms with van der Waals surface area (Å²) in [6, 6.07) is 17.8. The van der Waals surface area contributed by atoms with Gasteiger partial charge in [-0.05, 0) is 31.3 Å². The molecule has 200 valence electrons. The minimum absolute atomic E-state index is 0.158. The highest BCUT2D eigenvalue weighted by atomic mass is 19.1.